The Kier molecular flexibility index (Phi) is 4.82. The Morgan fingerprint density at radius 2 is 1.70 bits per heavy atom. The Bertz CT molecular complexity index is 1040. The fourth-order valence-electron chi connectivity index (χ4n) is 3.33. The van der Waals surface area contributed by atoms with Crippen molar-refractivity contribution < 1.29 is 18.0 Å². The van der Waals surface area contributed by atoms with Crippen LogP contribution in [0, 0.1) is 20.8 Å². The highest BCUT2D eigenvalue weighted by Gasteiger charge is 2.41. The predicted molar refractivity (Wildman–Crippen MR) is 102 cm³/mol. The van der Waals surface area contributed by atoms with Crippen LogP contribution >= 0.6 is 0 Å². The van der Waals surface area contributed by atoms with Gasteiger partial charge in [0.25, 0.3) is 15.9 Å². The molecule has 1 aliphatic rings. The number of sulfonamides is 1. The van der Waals surface area contributed by atoms with E-state index in [4.69, 9.17) is 0 Å². The fraction of sp³-hybridized carbons (Fsp3) is 0.300. The summed E-state index contributed by atoms with van der Waals surface area (Å²) in [6, 6.07) is 9.75. The highest BCUT2D eigenvalue weighted by Crippen LogP contribution is 2.29. The third kappa shape index (κ3) is 3.35. The molecule has 2 aromatic rings. The van der Waals surface area contributed by atoms with Crippen molar-refractivity contribution in [2.24, 2.45) is 0 Å². The number of carbonyl (C=O) groups is 2. The molecule has 1 atom stereocenters. The van der Waals surface area contributed by atoms with E-state index in [1.54, 1.807) is 12.1 Å². The SMILES string of the molecule is Cc1cc(C)c([C@@H](C)NC(=O)CN2C(=O)c3ccccc3S2(=O)=O)cc1C. The van der Waals surface area contributed by atoms with Crippen molar-refractivity contribution in [3.05, 3.63) is 64.2 Å². The summed E-state index contributed by atoms with van der Waals surface area (Å²) in [5, 5.41) is 2.80. The van der Waals surface area contributed by atoms with E-state index < -0.39 is 28.4 Å². The number of rotatable bonds is 4. The van der Waals surface area contributed by atoms with Gasteiger partial charge in [0, 0.05) is 0 Å². The summed E-state index contributed by atoms with van der Waals surface area (Å²) in [7, 11) is -3.99. The van der Waals surface area contributed by atoms with Crippen LogP contribution in [0.1, 0.15) is 45.6 Å². The Hall–Kier alpha value is -2.67. The summed E-state index contributed by atoms with van der Waals surface area (Å²) in [5.74, 6) is -1.19. The quantitative estimate of drug-likeness (QED) is 0.876. The second kappa shape index (κ2) is 6.81. The third-order valence-electron chi connectivity index (χ3n) is 4.93. The van der Waals surface area contributed by atoms with E-state index >= 15 is 0 Å². The molecule has 6 nitrogen and oxygen atoms in total. The van der Waals surface area contributed by atoms with Crippen molar-refractivity contribution in [1.29, 1.82) is 0 Å². The molecule has 0 unspecified atom stereocenters. The van der Waals surface area contributed by atoms with Crippen LogP contribution in [0.2, 0.25) is 0 Å². The minimum Gasteiger partial charge on any atom is -0.348 e. The number of nitrogens with zero attached hydrogens (tertiary/aromatic N) is 1. The lowest BCUT2D eigenvalue weighted by molar-refractivity contribution is -0.121. The van der Waals surface area contributed by atoms with Crippen LogP contribution in [-0.4, -0.2) is 31.1 Å². The molecule has 0 aliphatic carbocycles. The summed E-state index contributed by atoms with van der Waals surface area (Å²) in [5.41, 5.74) is 4.39. The van der Waals surface area contributed by atoms with Crippen LogP contribution < -0.4 is 5.32 Å². The first kappa shape index (κ1) is 19.1. The molecule has 2 amide bonds. The Labute approximate surface area is 159 Å². The maximum absolute atomic E-state index is 12.5. The van der Waals surface area contributed by atoms with Gasteiger partial charge in [-0.1, -0.05) is 24.3 Å². The molecule has 7 heteroatoms. The molecule has 27 heavy (non-hydrogen) atoms. The van der Waals surface area contributed by atoms with Crippen LogP contribution in [0.5, 0.6) is 0 Å². The van der Waals surface area contributed by atoms with E-state index in [-0.39, 0.29) is 16.5 Å². The molecule has 0 bridgehead atoms. The summed E-state index contributed by atoms with van der Waals surface area (Å²) < 4.78 is 25.7. The molecule has 0 spiro atoms. The van der Waals surface area contributed by atoms with Gasteiger partial charge >= 0.3 is 0 Å². The molecule has 0 saturated heterocycles. The van der Waals surface area contributed by atoms with Crippen LogP contribution in [0.4, 0.5) is 0 Å². The Balaban J connectivity index is 1.77. The number of carbonyl (C=O) groups excluding carboxylic acids is 2. The lowest BCUT2D eigenvalue weighted by Gasteiger charge is -2.20. The fourth-order valence-corrected chi connectivity index (χ4v) is 4.86. The van der Waals surface area contributed by atoms with E-state index in [1.165, 1.54) is 17.7 Å². The zero-order valence-corrected chi connectivity index (χ0v) is 16.6. The van der Waals surface area contributed by atoms with E-state index in [2.05, 4.69) is 11.4 Å². The topological polar surface area (TPSA) is 83.6 Å². The van der Waals surface area contributed by atoms with Gasteiger partial charge < -0.3 is 5.32 Å². The first-order chi connectivity index (χ1) is 12.6. The van der Waals surface area contributed by atoms with E-state index in [1.807, 2.05) is 33.8 Å². The van der Waals surface area contributed by atoms with Crippen molar-refractivity contribution in [3.63, 3.8) is 0 Å². The second-order valence-corrected chi connectivity index (χ2v) is 8.73. The smallest absolute Gasteiger partial charge is 0.269 e. The van der Waals surface area contributed by atoms with Crippen LogP contribution in [-0.2, 0) is 14.8 Å². The monoisotopic (exact) mass is 386 g/mol. The summed E-state index contributed by atoms with van der Waals surface area (Å²) in [6.45, 7) is 7.29. The highest BCUT2D eigenvalue weighted by molar-refractivity contribution is 7.90. The Morgan fingerprint density at radius 3 is 2.37 bits per heavy atom. The number of amides is 2. The minimum atomic E-state index is -3.99. The predicted octanol–water partition coefficient (Wildman–Crippen LogP) is 2.63. The molecular weight excluding hydrogens is 364 g/mol. The Morgan fingerprint density at radius 1 is 1.07 bits per heavy atom. The van der Waals surface area contributed by atoms with Crippen molar-refractivity contribution in [3.8, 4) is 0 Å². The van der Waals surface area contributed by atoms with E-state index in [0.717, 1.165) is 16.7 Å². The molecule has 1 heterocycles. The second-order valence-electron chi connectivity index (χ2n) is 6.90. The van der Waals surface area contributed by atoms with Gasteiger partial charge in [-0.15, -0.1) is 0 Å². The van der Waals surface area contributed by atoms with Gasteiger partial charge in [-0.2, -0.15) is 0 Å². The average Bonchev–Trinajstić information content (AvgIpc) is 2.79. The molecule has 3 rings (SSSR count). The van der Waals surface area contributed by atoms with E-state index in [0.29, 0.717) is 4.31 Å². The number of nitrogens with one attached hydrogen (secondary N) is 1. The van der Waals surface area contributed by atoms with Gasteiger partial charge in [0.15, 0.2) is 0 Å². The maximum atomic E-state index is 12.5. The highest BCUT2D eigenvalue weighted by atomic mass is 32.2. The molecule has 0 aromatic heterocycles. The normalized spacial score (nSPS) is 16.1. The first-order valence-corrected chi connectivity index (χ1v) is 10.1. The van der Waals surface area contributed by atoms with Crippen LogP contribution in [0.15, 0.2) is 41.3 Å². The van der Waals surface area contributed by atoms with Crippen molar-refractivity contribution in [1.82, 2.24) is 9.62 Å². The van der Waals surface area contributed by atoms with Crippen LogP contribution in [0.25, 0.3) is 0 Å². The molecule has 0 saturated carbocycles. The van der Waals surface area contributed by atoms with E-state index in [9.17, 15) is 18.0 Å². The molecule has 1 N–H and O–H groups in total. The summed E-state index contributed by atoms with van der Waals surface area (Å²) in [4.78, 5) is 24.8. The third-order valence-corrected chi connectivity index (χ3v) is 6.71. The minimum absolute atomic E-state index is 0.0548. The number of hydrogen-bond acceptors (Lipinski definition) is 4. The zero-order chi connectivity index (χ0) is 19.9. The standard InChI is InChI=1S/C20H22N2O4S/c1-12-9-14(3)17(10-13(12)2)15(4)21-19(23)11-22-20(24)16-7-5-6-8-18(16)27(22,25)26/h5-10,15H,11H2,1-4H3,(H,21,23)/t15-/m1/s1. The first-order valence-electron chi connectivity index (χ1n) is 8.66. The van der Waals surface area contributed by atoms with Gasteiger partial charge in [0.1, 0.15) is 11.4 Å². The van der Waals surface area contributed by atoms with Crippen molar-refractivity contribution in [2.75, 3.05) is 6.54 Å². The van der Waals surface area contributed by atoms with Crippen LogP contribution in [0.3, 0.4) is 0 Å². The molecular formula is C20H22N2O4S. The van der Waals surface area contributed by atoms with Gasteiger partial charge in [-0.25, -0.2) is 12.7 Å². The molecule has 2 aromatic carbocycles. The largest absolute Gasteiger partial charge is 0.348 e. The van der Waals surface area contributed by atoms with Crippen molar-refractivity contribution >= 4 is 21.8 Å². The number of benzene rings is 2. The van der Waals surface area contributed by atoms with Gasteiger partial charge in [-0.3, -0.25) is 9.59 Å². The molecule has 0 radical (unpaired) electrons. The lowest BCUT2D eigenvalue weighted by atomic mass is 9.96. The van der Waals surface area contributed by atoms with Crippen molar-refractivity contribution in [2.45, 2.75) is 38.6 Å². The molecule has 1 aliphatic heterocycles. The number of hydrogen-bond donors (Lipinski definition) is 1. The lowest BCUT2D eigenvalue weighted by Crippen LogP contribution is -2.41. The van der Waals surface area contributed by atoms with Gasteiger partial charge in [-0.05, 0) is 62.1 Å². The summed E-state index contributed by atoms with van der Waals surface area (Å²) >= 11 is 0. The maximum Gasteiger partial charge on any atom is 0.269 e. The summed E-state index contributed by atoms with van der Waals surface area (Å²) in [6.07, 6.45) is 0. The average molecular weight is 386 g/mol. The van der Waals surface area contributed by atoms with Gasteiger partial charge in [0.05, 0.1) is 11.6 Å². The number of fused-ring (bicyclic) bond motifs is 1. The van der Waals surface area contributed by atoms with Gasteiger partial charge in [0.2, 0.25) is 5.91 Å². The molecule has 142 valence electrons. The number of aryl methyl sites for hydroxylation is 3. The molecule has 0 fully saturated rings. The zero-order valence-electron chi connectivity index (χ0n) is 15.7.